The molecule has 120 valence electrons. The lowest BCUT2D eigenvalue weighted by Gasteiger charge is -2.17. The van der Waals surface area contributed by atoms with Crippen LogP contribution in [0.3, 0.4) is 0 Å². The van der Waals surface area contributed by atoms with Crippen molar-refractivity contribution in [1.82, 2.24) is 5.32 Å². The van der Waals surface area contributed by atoms with Crippen LogP contribution in [0, 0.1) is 0 Å². The summed E-state index contributed by atoms with van der Waals surface area (Å²) in [4.78, 5) is 24.2. The normalized spacial score (nSPS) is 11.6. The summed E-state index contributed by atoms with van der Waals surface area (Å²) >= 11 is 3.36. The lowest BCUT2D eigenvalue weighted by atomic mass is 10.1. The van der Waals surface area contributed by atoms with Crippen molar-refractivity contribution in [1.29, 1.82) is 0 Å². The fraction of sp³-hybridized carbons (Fsp3) is 0.176. The van der Waals surface area contributed by atoms with E-state index >= 15 is 0 Å². The van der Waals surface area contributed by atoms with Crippen molar-refractivity contribution in [2.24, 2.45) is 0 Å². The summed E-state index contributed by atoms with van der Waals surface area (Å²) in [6.45, 7) is 0. The molecule has 0 radical (unpaired) electrons. The van der Waals surface area contributed by atoms with Gasteiger partial charge in [-0.1, -0.05) is 28.1 Å². The maximum absolute atomic E-state index is 12.3. The zero-order valence-electron chi connectivity index (χ0n) is 12.6. The summed E-state index contributed by atoms with van der Waals surface area (Å²) in [5, 5.41) is 2.70. The molecule has 0 fully saturated rings. The number of methoxy groups -OCH3 is 1. The molecule has 0 spiro atoms. The second-order valence-electron chi connectivity index (χ2n) is 5.00. The molecule has 0 aliphatic rings. The molecule has 2 aromatic carbocycles. The lowest BCUT2D eigenvalue weighted by Crippen LogP contribution is -2.43. The number of anilines is 1. The molecule has 1 atom stereocenters. The summed E-state index contributed by atoms with van der Waals surface area (Å²) in [5.74, 6) is -0.839. The Labute approximate surface area is 143 Å². The molecule has 2 rings (SSSR count). The average Bonchev–Trinajstić information content (AvgIpc) is 2.56. The van der Waals surface area contributed by atoms with Crippen LogP contribution < -0.4 is 11.1 Å². The molecule has 5 nitrogen and oxygen atoms in total. The summed E-state index contributed by atoms with van der Waals surface area (Å²) in [6.07, 6.45) is 0.348. The van der Waals surface area contributed by atoms with E-state index in [1.54, 1.807) is 24.3 Å². The Balaban J connectivity index is 2.12. The number of esters is 1. The van der Waals surface area contributed by atoms with E-state index in [0.717, 1.165) is 10.0 Å². The van der Waals surface area contributed by atoms with E-state index in [-0.39, 0.29) is 5.91 Å². The highest BCUT2D eigenvalue weighted by Crippen LogP contribution is 2.13. The predicted octanol–water partition coefficient (Wildman–Crippen LogP) is 2.55. The number of ether oxygens (including phenoxy) is 1. The Morgan fingerprint density at radius 3 is 2.30 bits per heavy atom. The number of halogens is 1. The van der Waals surface area contributed by atoms with Gasteiger partial charge in [0.05, 0.1) is 7.11 Å². The summed E-state index contributed by atoms with van der Waals surface area (Å²) < 4.78 is 5.73. The van der Waals surface area contributed by atoms with E-state index in [1.807, 2.05) is 24.3 Å². The van der Waals surface area contributed by atoms with E-state index in [4.69, 9.17) is 10.5 Å². The standard InChI is InChI=1S/C17H17BrN2O3/c1-23-17(22)15(10-11-2-6-13(18)7-3-11)20-16(21)12-4-8-14(19)9-5-12/h2-9,15H,10,19H2,1H3,(H,20,21). The van der Waals surface area contributed by atoms with Gasteiger partial charge >= 0.3 is 5.97 Å². The largest absolute Gasteiger partial charge is 0.467 e. The van der Waals surface area contributed by atoms with Gasteiger partial charge in [-0.3, -0.25) is 4.79 Å². The quantitative estimate of drug-likeness (QED) is 0.620. The number of carbonyl (C=O) groups is 2. The Kier molecular flexibility index (Phi) is 5.76. The van der Waals surface area contributed by atoms with Crippen LogP contribution in [0.1, 0.15) is 15.9 Å². The van der Waals surface area contributed by atoms with Crippen molar-refractivity contribution in [3.05, 3.63) is 64.1 Å². The Hall–Kier alpha value is -2.34. The number of nitrogen functional groups attached to an aromatic ring is 1. The fourth-order valence-electron chi connectivity index (χ4n) is 2.07. The number of nitrogens with two attached hydrogens (primary N) is 1. The van der Waals surface area contributed by atoms with Crippen molar-refractivity contribution in [3.63, 3.8) is 0 Å². The molecule has 6 heteroatoms. The molecule has 0 bridgehead atoms. The van der Waals surface area contributed by atoms with Gasteiger partial charge in [0.25, 0.3) is 5.91 Å². The van der Waals surface area contributed by atoms with Gasteiger partial charge in [0, 0.05) is 22.1 Å². The average molecular weight is 377 g/mol. The topological polar surface area (TPSA) is 81.4 Å². The van der Waals surface area contributed by atoms with Gasteiger partial charge < -0.3 is 15.8 Å². The van der Waals surface area contributed by atoms with Gasteiger partial charge in [-0.25, -0.2) is 4.79 Å². The zero-order chi connectivity index (χ0) is 16.8. The zero-order valence-corrected chi connectivity index (χ0v) is 14.2. The first-order valence-electron chi connectivity index (χ1n) is 6.98. The molecular weight excluding hydrogens is 360 g/mol. The first-order valence-corrected chi connectivity index (χ1v) is 7.77. The third kappa shape index (κ3) is 4.82. The highest BCUT2D eigenvalue weighted by Gasteiger charge is 2.22. The first kappa shape index (κ1) is 17.0. The molecule has 1 unspecified atom stereocenters. The highest BCUT2D eigenvalue weighted by molar-refractivity contribution is 9.10. The predicted molar refractivity (Wildman–Crippen MR) is 92.0 cm³/mol. The highest BCUT2D eigenvalue weighted by atomic mass is 79.9. The smallest absolute Gasteiger partial charge is 0.328 e. The number of amides is 1. The molecule has 1 amide bonds. The number of hydrogen-bond acceptors (Lipinski definition) is 4. The van der Waals surface area contributed by atoms with Crippen LogP contribution in [0.25, 0.3) is 0 Å². The Morgan fingerprint density at radius 2 is 1.74 bits per heavy atom. The molecule has 3 N–H and O–H groups in total. The Morgan fingerprint density at radius 1 is 1.13 bits per heavy atom. The SMILES string of the molecule is COC(=O)C(Cc1ccc(Br)cc1)NC(=O)c1ccc(N)cc1. The van der Waals surface area contributed by atoms with Crippen LogP contribution in [-0.4, -0.2) is 25.0 Å². The molecule has 0 aliphatic carbocycles. The van der Waals surface area contributed by atoms with Crippen LogP contribution >= 0.6 is 15.9 Å². The minimum Gasteiger partial charge on any atom is -0.467 e. The van der Waals surface area contributed by atoms with Gasteiger partial charge in [-0.2, -0.15) is 0 Å². The monoisotopic (exact) mass is 376 g/mol. The molecule has 0 saturated heterocycles. The second kappa shape index (κ2) is 7.78. The van der Waals surface area contributed by atoms with Gasteiger partial charge in [0.2, 0.25) is 0 Å². The van der Waals surface area contributed by atoms with Gasteiger partial charge in [-0.15, -0.1) is 0 Å². The Bertz CT molecular complexity index is 684. The van der Waals surface area contributed by atoms with E-state index < -0.39 is 12.0 Å². The summed E-state index contributed by atoms with van der Waals surface area (Å²) in [6, 6.07) is 13.3. The number of benzene rings is 2. The molecule has 0 saturated carbocycles. The van der Waals surface area contributed by atoms with E-state index in [9.17, 15) is 9.59 Å². The lowest BCUT2D eigenvalue weighted by molar-refractivity contribution is -0.142. The number of rotatable bonds is 5. The third-order valence-corrected chi connectivity index (χ3v) is 3.85. The molecule has 0 heterocycles. The van der Waals surface area contributed by atoms with Crippen molar-refractivity contribution >= 4 is 33.5 Å². The number of nitrogens with one attached hydrogen (secondary N) is 1. The minimum absolute atomic E-state index is 0.348. The first-order chi connectivity index (χ1) is 11.0. The molecule has 23 heavy (non-hydrogen) atoms. The fourth-order valence-corrected chi connectivity index (χ4v) is 2.33. The van der Waals surface area contributed by atoms with E-state index in [0.29, 0.717) is 17.7 Å². The number of carbonyl (C=O) groups excluding carboxylic acids is 2. The molecular formula is C17H17BrN2O3. The van der Waals surface area contributed by atoms with Crippen LogP contribution in [-0.2, 0) is 16.0 Å². The van der Waals surface area contributed by atoms with Gasteiger partial charge in [0.1, 0.15) is 6.04 Å². The minimum atomic E-state index is -0.758. The van der Waals surface area contributed by atoms with Crippen LogP contribution in [0.5, 0.6) is 0 Å². The van der Waals surface area contributed by atoms with Crippen LogP contribution in [0.2, 0.25) is 0 Å². The van der Waals surface area contributed by atoms with Crippen molar-refractivity contribution in [2.75, 3.05) is 12.8 Å². The van der Waals surface area contributed by atoms with Crippen LogP contribution in [0.15, 0.2) is 53.0 Å². The van der Waals surface area contributed by atoms with Gasteiger partial charge in [-0.05, 0) is 42.0 Å². The summed E-state index contributed by atoms with van der Waals surface area (Å²) in [7, 11) is 1.30. The maximum atomic E-state index is 12.3. The maximum Gasteiger partial charge on any atom is 0.328 e. The van der Waals surface area contributed by atoms with E-state index in [2.05, 4.69) is 21.2 Å². The molecule has 0 aromatic heterocycles. The van der Waals surface area contributed by atoms with Crippen molar-refractivity contribution in [2.45, 2.75) is 12.5 Å². The van der Waals surface area contributed by atoms with Crippen LogP contribution in [0.4, 0.5) is 5.69 Å². The van der Waals surface area contributed by atoms with Crippen molar-refractivity contribution < 1.29 is 14.3 Å². The summed E-state index contributed by atoms with van der Waals surface area (Å²) in [5.41, 5.74) is 7.52. The van der Waals surface area contributed by atoms with E-state index in [1.165, 1.54) is 7.11 Å². The van der Waals surface area contributed by atoms with Crippen molar-refractivity contribution in [3.8, 4) is 0 Å². The third-order valence-electron chi connectivity index (χ3n) is 3.32. The molecule has 2 aromatic rings. The number of hydrogen-bond donors (Lipinski definition) is 2. The van der Waals surface area contributed by atoms with Gasteiger partial charge in [0.15, 0.2) is 0 Å². The molecule has 0 aliphatic heterocycles. The second-order valence-corrected chi connectivity index (χ2v) is 5.92.